The molecule has 0 saturated heterocycles. The predicted molar refractivity (Wildman–Crippen MR) is 77.4 cm³/mol. The summed E-state index contributed by atoms with van der Waals surface area (Å²) in [5.41, 5.74) is 0.597. The Morgan fingerprint density at radius 1 is 1.14 bits per heavy atom. The SMILES string of the molecule is O=C(O)CC1(c2cccc(F)c2)C2CC3CC(C2)CC1C3. The normalized spacial score (nSPS) is 40.4. The quantitative estimate of drug-likeness (QED) is 0.913. The van der Waals surface area contributed by atoms with Crippen LogP contribution in [0.25, 0.3) is 0 Å². The van der Waals surface area contributed by atoms with E-state index in [4.69, 9.17) is 0 Å². The summed E-state index contributed by atoms with van der Waals surface area (Å²) in [5, 5.41) is 9.50. The molecule has 0 aromatic heterocycles. The van der Waals surface area contributed by atoms with Crippen LogP contribution in [0.15, 0.2) is 24.3 Å². The van der Waals surface area contributed by atoms with E-state index in [0.717, 1.165) is 43.1 Å². The van der Waals surface area contributed by atoms with E-state index in [0.29, 0.717) is 11.8 Å². The topological polar surface area (TPSA) is 37.3 Å². The summed E-state index contributed by atoms with van der Waals surface area (Å²) in [6.07, 6.45) is 6.03. The lowest BCUT2D eigenvalue weighted by molar-refractivity contribution is -0.144. The van der Waals surface area contributed by atoms with Crippen molar-refractivity contribution >= 4 is 5.97 Å². The minimum atomic E-state index is -0.744. The van der Waals surface area contributed by atoms with Crippen LogP contribution in [0.3, 0.4) is 0 Å². The third-order valence-electron chi connectivity index (χ3n) is 6.40. The Labute approximate surface area is 124 Å². The fourth-order valence-corrected chi connectivity index (χ4v) is 5.92. The maximum atomic E-state index is 13.7. The maximum Gasteiger partial charge on any atom is 0.304 e. The van der Waals surface area contributed by atoms with Crippen molar-refractivity contribution in [3.05, 3.63) is 35.6 Å². The zero-order chi connectivity index (χ0) is 14.6. The maximum absolute atomic E-state index is 13.7. The Morgan fingerprint density at radius 3 is 2.29 bits per heavy atom. The summed E-state index contributed by atoms with van der Waals surface area (Å²) in [6.45, 7) is 0. The zero-order valence-electron chi connectivity index (χ0n) is 12.1. The summed E-state index contributed by atoms with van der Waals surface area (Å²) < 4.78 is 13.7. The number of benzene rings is 1. The summed E-state index contributed by atoms with van der Waals surface area (Å²) in [4.78, 5) is 11.6. The van der Waals surface area contributed by atoms with Crippen LogP contribution in [0.5, 0.6) is 0 Å². The van der Waals surface area contributed by atoms with Crippen molar-refractivity contribution < 1.29 is 14.3 Å². The molecule has 21 heavy (non-hydrogen) atoms. The number of carboxylic acid groups (broad SMARTS) is 1. The molecule has 2 nitrogen and oxygen atoms in total. The van der Waals surface area contributed by atoms with Gasteiger partial charge in [-0.1, -0.05) is 12.1 Å². The van der Waals surface area contributed by atoms with Crippen molar-refractivity contribution in [1.82, 2.24) is 0 Å². The van der Waals surface area contributed by atoms with Gasteiger partial charge in [-0.3, -0.25) is 4.79 Å². The van der Waals surface area contributed by atoms with Gasteiger partial charge in [0.1, 0.15) is 5.82 Å². The Morgan fingerprint density at radius 2 is 1.76 bits per heavy atom. The Bertz CT molecular complexity index is 552. The van der Waals surface area contributed by atoms with Gasteiger partial charge >= 0.3 is 5.97 Å². The summed E-state index contributed by atoms with van der Waals surface area (Å²) >= 11 is 0. The van der Waals surface area contributed by atoms with E-state index in [1.54, 1.807) is 12.1 Å². The van der Waals surface area contributed by atoms with E-state index in [1.165, 1.54) is 12.5 Å². The first-order valence-electron chi connectivity index (χ1n) is 8.06. The largest absolute Gasteiger partial charge is 0.481 e. The molecule has 3 heteroatoms. The van der Waals surface area contributed by atoms with Gasteiger partial charge in [0.25, 0.3) is 0 Å². The molecule has 112 valence electrons. The van der Waals surface area contributed by atoms with Gasteiger partial charge in [0.2, 0.25) is 0 Å². The molecule has 0 heterocycles. The van der Waals surface area contributed by atoms with E-state index < -0.39 is 5.97 Å². The highest BCUT2D eigenvalue weighted by atomic mass is 19.1. The number of rotatable bonds is 3. The van der Waals surface area contributed by atoms with Crippen molar-refractivity contribution in [2.24, 2.45) is 23.7 Å². The lowest BCUT2D eigenvalue weighted by Crippen LogP contribution is -2.56. The van der Waals surface area contributed by atoms with Crippen molar-refractivity contribution in [2.45, 2.75) is 43.9 Å². The smallest absolute Gasteiger partial charge is 0.304 e. The third kappa shape index (κ3) is 1.93. The zero-order valence-corrected chi connectivity index (χ0v) is 12.1. The lowest BCUT2D eigenvalue weighted by atomic mass is 9.43. The van der Waals surface area contributed by atoms with Gasteiger partial charge in [-0.25, -0.2) is 4.39 Å². The average Bonchev–Trinajstić information content (AvgIpc) is 2.42. The molecular formula is C18H21FO2. The lowest BCUT2D eigenvalue weighted by Gasteiger charge is -2.61. The highest BCUT2D eigenvalue weighted by molar-refractivity contribution is 5.69. The molecule has 0 amide bonds. The molecule has 1 aromatic rings. The van der Waals surface area contributed by atoms with Gasteiger partial charge in [-0.05, 0) is 73.5 Å². The molecule has 4 aliphatic rings. The molecule has 0 aliphatic heterocycles. The van der Waals surface area contributed by atoms with Crippen LogP contribution >= 0.6 is 0 Å². The predicted octanol–water partition coefficient (Wildman–Crippen LogP) is 3.99. The number of carboxylic acids is 1. The van der Waals surface area contributed by atoms with Gasteiger partial charge < -0.3 is 5.11 Å². The van der Waals surface area contributed by atoms with E-state index in [2.05, 4.69) is 0 Å². The first-order chi connectivity index (χ1) is 10.1. The Hall–Kier alpha value is -1.38. The molecule has 0 atom stereocenters. The van der Waals surface area contributed by atoms with Gasteiger partial charge in [0, 0.05) is 5.41 Å². The minimum Gasteiger partial charge on any atom is -0.481 e. The monoisotopic (exact) mass is 288 g/mol. The van der Waals surface area contributed by atoms with Crippen molar-refractivity contribution in [2.75, 3.05) is 0 Å². The summed E-state index contributed by atoms with van der Waals surface area (Å²) in [5.74, 6) is 1.42. The van der Waals surface area contributed by atoms with Crippen LogP contribution in [-0.2, 0) is 10.2 Å². The number of hydrogen-bond acceptors (Lipinski definition) is 1. The van der Waals surface area contributed by atoms with E-state index in [9.17, 15) is 14.3 Å². The van der Waals surface area contributed by atoms with Crippen molar-refractivity contribution in [1.29, 1.82) is 0 Å². The highest BCUT2D eigenvalue weighted by Crippen LogP contribution is 2.64. The van der Waals surface area contributed by atoms with Gasteiger partial charge in [0.15, 0.2) is 0 Å². The number of hydrogen-bond donors (Lipinski definition) is 1. The summed E-state index contributed by atoms with van der Waals surface area (Å²) in [6, 6.07) is 6.73. The second-order valence-corrected chi connectivity index (χ2v) is 7.43. The molecule has 1 N–H and O–H groups in total. The second kappa shape index (κ2) is 4.56. The Kier molecular flexibility index (Phi) is 2.88. The van der Waals surface area contributed by atoms with Crippen LogP contribution in [0.2, 0.25) is 0 Å². The average molecular weight is 288 g/mol. The molecule has 4 bridgehead atoms. The number of carbonyl (C=O) groups is 1. The van der Waals surface area contributed by atoms with Gasteiger partial charge in [-0.15, -0.1) is 0 Å². The molecule has 4 aliphatic carbocycles. The molecule has 5 rings (SSSR count). The molecule has 0 radical (unpaired) electrons. The highest BCUT2D eigenvalue weighted by Gasteiger charge is 2.58. The fraction of sp³-hybridized carbons (Fsp3) is 0.611. The second-order valence-electron chi connectivity index (χ2n) is 7.43. The van der Waals surface area contributed by atoms with Crippen LogP contribution in [0, 0.1) is 29.5 Å². The molecule has 1 aromatic carbocycles. The van der Waals surface area contributed by atoms with E-state index >= 15 is 0 Å². The molecular weight excluding hydrogens is 267 g/mol. The van der Waals surface area contributed by atoms with Crippen molar-refractivity contribution in [3.63, 3.8) is 0 Å². The first-order valence-corrected chi connectivity index (χ1v) is 8.06. The van der Waals surface area contributed by atoms with Gasteiger partial charge in [0.05, 0.1) is 6.42 Å². The van der Waals surface area contributed by atoms with Gasteiger partial charge in [-0.2, -0.15) is 0 Å². The van der Waals surface area contributed by atoms with Crippen LogP contribution < -0.4 is 0 Å². The molecule has 4 saturated carbocycles. The van der Waals surface area contributed by atoms with Crippen LogP contribution in [0.1, 0.15) is 44.1 Å². The molecule has 0 unspecified atom stereocenters. The van der Waals surface area contributed by atoms with Crippen LogP contribution in [-0.4, -0.2) is 11.1 Å². The van der Waals surface area contributed by atoms with Crippen molar-refractivity contribution in [3.8, 4) is 0 Å². The number of aliphatic carboxylic acids is 1. The van der Waals surface area contributed by atoms with E-state index in [1.807, 2.05) is 6.07 Å². The molecule has 0 spiro atoms. The standard InChI is InChI=1S/C18H21FO2/c19-16-3-1-2-13(9-16)18(10-17(20)21)14-5-11-4-12(7-14)8-15(18)6-11/h1-3,9,11-12,14-15H,4-8,10H2,(H,20,21). The molecule has 4 fully saturated rings. The fourth-order valence-electron chi connectivity index (χ4n) is 5.92. The van der Waals surface area contributed by atoms with E-state index in [-0.39, 0.29) is 17.7 Å². The summed E-state index contributed by atoms with van der Waals surface area (Å²) in [7, 11) is 0. The number of halogens is 1. The third-order valence-corrected chi connectivity index (χ3v) is 6.40. The van der Waals surface area contributed by atoms with Crippen LogP contribution in [0.4, 0.5) is 4.39 Å². The minimum absolute atomic E-state index is 0.158. The first kappa shape index (κ1) is 13.3. The Balaban J connectivity index is 1.83.